The molecule has 0 radical (unpaired) electrons. The molecule has 0 saturated carbocycles. The van der Waals surface area contributed by atoms with E-state index in [1.807, 2.05) is 0 Å². The predicted molar refractivity (Wildman–Crippen MR) is 63.2 cm³/mol. The number of carbonyl (C=O) groups excluding carboxylic acids is 1. The first-order valence-electron chi connectivity index (χ1n) is 5.15. The van der Waals surface area contributed by atoms with Crippen LogP contribution in [0.15, 0.2) is 21.8 Å². The molecule has 0 spiro atoms. The van der Waals surface area contributed by atoms with Crippen LogP contribution in [0.4, 0.5) is 4.79 Å². The van der Waals surface area contributed by atoms with Gasteiger partial charge in [-0.25, -0.2) is 18.4 Å². The van der Waals surface area contributed by atoms with Gasteiger partial charge in [0.1, 0.15) is 5.60 Å². The standard InChI is InChI=1S/C10H16N2O5S/c1-10(2,3)17-9(13)12-6-7-4-5-16-8(7)18(11,14)15/h4-5H,6H2,1-3H3,(H,12,13)(H2,11,14,15). The smallest absolute Gasteiger partial charge is 0.407 e. The van der Waals surface area contributed by atoms with E-state index in [9.17, 15) is 13.2 Å². The highest BCUT2D eigenvalue weighted by atomic mass is 32.2. The van der Waals surface area contributed by atoms with Crippen LogP contribution in [0.3, 0.4) is 0 Å². The fourth-order valence-electron chi connectivity index (χ4n) is 1.18. The molecular formula is C10H16N2O5S. The maximum Gasteiger partial charge on any atom is 0.407 e. The third-order valence-electron chi connectivity index (χ3n) is 1.79. The third kappa shape index (κ3) is 4.38. The minimum Gasteiger partial charge on any atom is -0.451 e. The van der Waals surface area contributed by atoms with Crippen LogP contribution in [0.25, 0.3) is 0 Å². The van der Waals surface area contributed by atoms with E-state index in [4.69, 9.17) is 14.3 Å². The lowest BCUT2D eigenvalue weighted by atomic mass is 10.2. The lowest BCUT2D eigenvalue weighted by Crippen LogP contribution is -2.32. The summed E-state index contributed by atoms with van der Waals surface area (Å²) >= 11 is 0. The average Bonchev–Trinajstić information content (AvgIpc) is 2.58. The second-order valence-electron chi connectivity index (χ2n) is 4.63. The molecule has 0 aromatic carbocycles. The highest BCUT2D eigenvalue weighted by Crippen LogP contribution is 2.15. The largest absolute Gasteiger partial charge is 0.451 e. The van der Waals surface area contributed by atoms with Gasteiger partial charge in [0.25, 0.3) is 10.0 Å². The van der Waals surface area contributed by atoms with Gasteiger partial charge in [-0.1, -0.05) is 0 Å². The van der Waals surface area contributed by atoms with Crippen LogP contribution in [0.5, 0.6) is 0 Å². The Balaban J connectivity index is 2.66. The normalized spacial score (nSPS) is 12.2. The number of nitrogens with two attached hydrogens (primary N) is 1. The molecule has 0 fully saturated rings. The van der Waals surface area contributed by atoms with Gasteiger partial charge < -0.3 is 14.5 Å². The third-order valence-corrected chi connectivity index (χ3v) is 2.66. The highest BCUT2D eigenvalue weighted by molar-refractivity contribution is 7.89. The molecule has 0 bridgehead atoms. The summed E-state index contributed by atoms with van der Waals surface area (Å²) < 4.78 is 32.0. The van der Waals surface area contributed by atoms with Crippen molar-refractivity contribution in [2.45, 2.75) is 38.0 Å². The molecule has 3 N–H and O–H groups in total. The minimum absolute atomic E-state index is 0.0445. The van der Waals surface area contributed by atoms with Gasteiger partial charge >= 0.3 is 6.09 Å². The summed E-state index contributed by atoms with van der Waals surface area (Å²) in [6.45, 7) is 5.12. The fraction of sp³-hybridized carbons (Fsp3) is 0.500. The first-order valence-corrected chi connectivity index (χ1v) is 6.70. The average molecular weight is 276 g/mol. The molecule has 0 aliphatic heterocycles. The van der Waals surface area contributed by atoms with Gasteiger partial charge in [0.15, 0.2) is 0 Å². The Hall–Kier alpha value is -1.54. The molecule has 1 rings (SSSR count). The van der Waals surface area contributed by atoms with Crippen LogP contribution in [-0.2, 0) is 21.3 Å². The molecule has 0 unspecified atom stereocenters. The summed E-state index contributed by atoms with van der Waals surface area (Å²) in [5.41, 5.74) is -0.355. The van der Waals surface area contributed by atoms with E-state index in [1.165, 1.54) is 12.3 Å². The molecule has 8 heteroatoms. The zero-order valence-corrected chi connectivity index (χ0v) is 11.2. The maximum atomic E-state index is 11.4. The minimum atomic E-state index is -3.93. The monoisotopic (exact) mass is 276 g/mol. The van der Waals surface area contributed by atoms with Gasteiger partial charge in [-0.2, -0.15) is 0 Å². The molecule has 7 nitrogen and oxygen atoms in total. The molecule has 102 valence electrons. The van der Waals surface area contributed by atoms with Gasteiger partial charge in [-0.15, -0.1) is 0 Å². The van der Waals surface area contributed by atoms with E-state index in [2.05, 4.69) is 5.32 Å². The van der Waals surface area contributed by atoms with E-state index >= 15 is 0 Å². The summed E-state index contributed by atoms with van der Waals surface area (Å²) in [4.78, 5) is 11.4. The van der Waals surface area contributed by atoms with Crippen LogP contribution in [-0.4, -0.2) is 20.1 Å². The zero-order valence-electron chi connectivity index (χ0n) is 10.4. The number of furan rings is 1. The number of amides is 1. The Morgan fingerprint density at radius 2 is 2.11 bits per heavy atom. The Kier molecular flexibility index (Phi) is 4.02. The Morgan fingerprint density at radius 1 is 1.50 bits per heavy atom. The first-order chi connectivity index (χ1) is 8.09. The lowest BCUT2D eigenvalue weighted by molar-refractivity contribution is 0.0523. The summed E-state index contributed by atoms with van der Waals surface area (Å²) in [6, 6.07) is 1.41. The molecule has 1 aromatic rings. The van der Waals surface area contributed by atoms with Crippen LogP contribution in [0.2, 0.25) is 0 Å². The summed E-state index contributed by atoms with van der Waals surface area (Å²) in [5, 5.41) is 7.00. The lowest BCUT2D eigenvalue weighted by Gasteiger charge is -2.19. The summed E-state index contributed by atoms with van der Waals surface area (Å²) in [5.74, 6) is 0. The molecule has 0 atom stereocenters. The Bertz CT molecular complexity index is 527. The molecule has 1 amide bonds. The van der Waals surface area contributed by atoms with Gasteiger partial charge in [0, 0.05) is 5.56 Å². The maximum absolute atomic E-state index is 11.4. The summed E-state index contributed by atoms with van der Waals surface area (Å²) in [6.07, 6.45) is 0.537. The number of rotatable bonds is 3. The van der Waals surface area contributed by atoms with Crippen molar-refractivity contribution in [3.05, 3.63) is 17.9 Å². The number of hydrogen-bond donors (Lipinski definition) is 2. The van der Waals surface area contributed by atoms with Crippen molar-refractivity contribution in [1.29, 1.82) is 0 Å². The van der Waals surface area contributed by atoms with Crippen LogP contribution in [0, 0.1) is 0 Å². The highest BCUT2D eigenvalue weighted by Gasteiger charge is 2.20. The van der Waals surface area contributed by atoms with Crippen molar-refractivity contribution in [3.8, 4) is 0 Å². The van der Waals surface area contributed by atoms with Gasteiger partial charge in [-0.3, -0.25) is 0 Å². The van der Waals surface area contributed by atoms with E-state index in [0.717, 1.165) is 0 Å². The fourth-order valence-corrected chi connectivity index (χ4v) is 1.88. The number of hydrogen-bond acceptors (Lipinski definition) is 5. The van der Waals surface area contributed by atoms with Crippen molar-refractivity contribution < 1.29 is 22.4 Å². The van der Waals surface area contributed by atoms with Crippen LogP contribution >= 0.6 is 0 Å². The number of ether oxygens (including phenoxy) is 1. The SMILES string of the molecule is CC(C)(C)OC(=O)NCc1ccoc1S(N)(=O)=O. The molecule has 18 heavy (non-hydrogen) atoms. The second-order valence-corrected chi connectivity index (χ2v) is 6.09. The van der Waals surface area contributed by atoms with Crippen molar-refractivity contribution in [2.75, 3.05) is 0 Å². The van der Waals surface area contributed by atoms with Crippen molar-refractivity contribution in [1.82, 2.24) is 5.32 Å². The van der Waals surface area contributed by atoms with Gasteiger partial charge in [-0.05, 0) is 26.8 Å². The predicted octanol–water partition coefficient (Wildman–Crippen LogP) is 0.952. The number of primary sulfonamides is 1. The number of carbonyl (C=O) groups is 1. The van der Waals surface area contributed by atoms with Gasteiger partial charge in [0.2, 0.25) is 5.09 Å². The quantitative estimate of drug-likeness (QED) is 0.853. The van der Waals surface area contributed by atoms with Crippen molar-refractivity contribution in [2.24, 2.45) is 5.14 Å². The van der Waals surface area contributed by atoms with Crippen LogP contribution < -0.4 is 10.5 Å². The molecular weight excluding hydrogens is 260 g/mol. The van der Waals surface area contributed by atoms with E-state index in [-0.39, 0.29) is 17.2 Å². The molecule has 1 aromatic heterocycles. The second kappa shape index (κ2) is 4.99. The topological polar surface area (TPSA) is 112 Å². The molecule has 0 saturated heterocycles. The zero-order chi connectivity index (χ0) is 14.0. The number of nitrogens with one attached hydrogen (secondary N) is 1. The van der Waals surface area contributed by atoms with Crippen LogP contribution in [0.1, 0.15) is 26.3 Å². The Morgan fingerprint density at radius 3 is 2.61 bits per heavy atom. The van der Waals surface area contributed by atoms with Crippen molar-refractivity contribution >= 4 is 16.1 Å². The number of sulfonamides is 1. The molecule has 0 aliphatic carbocycles. The van der Waals surface area contributed by atoms with E-state index < -0.39 is 21.7 Å². The first kappa shape index (κ1) is 14.5. The molecule has 1 heterocycles. The molecule has 0 aliphatic rings. The van der Waals surface area contributed by atoms with E-state index in [0.29, 0.717) is 0 Å². The Labute approximate surface area is 105 Å². The van der Waals surface area contributed by atoms with E-state index in [1.54, 1.807) is 20.8 Å². The number of alkyl carbamates (subject to hydrolysis) is 1. The summed E-state index contributed by atoms with van der Waals surface area (Å²) in [7, 11) is -3.93. The van der Waals surface area contributed by atoms with Crippen molar-refractivity contribution in [3.63, 3.8) is 0 Å². The van der Waals surface area contributed by atoms with Gasteiger partial charge in [0.05, 0.1) is 12.8 Å².